The molecule has 20 heavy (non-hydrogen) atoms. The summed E-state index contributed by atoms with van der Waals surface area (Å²) in [5, 5.41) is 0. The van der Waals surface area contributed by atoms with Gasteiger partial charge in [0, 0.05) is 11.6 Å². The highest BCUT2D eigenvalue weighted by molar-refractivity contribution is 5.93. The number of hydrogen-bond acceptors (Lipinski definition) is 2. The van der Waals surface area contributed by atoms with Crippen molar-refractivity contribution < 1.29 is 4.79 Å². The van der Waals surface area contributed by atoms with Crippen molar-refractivity contribution in [2.75, 3.05) is 0 Å². The van der Waals surface area contributed by atoms with Gasteiger partial charge in [-0.2, -0.15) is 0 Å². The Morgan fingerprint density at radius 1 is 0.950 bits per heavy atom. The monoisotopic (exact) mass is 272 g/mol. The molecule has 1 aromatic carbocycles. The van der Waals surface area contributed by atoms with Crippen molar-refractivity contribution in [2.45, 2.75) is 51.0 Å². The van der Waals surface area contributed by atoms with Crippen LogP contribution >= 0.6 is 0 Å². The molecule has 2 N–H and O–H groups in total. The Morgan fingerprint density at radius 3 is 2.50 bits per heavy atom. The van der Waals surface area contributed by atoms with Crippen molar-refractivity contribution in [3.05, 3.63) is 35.9 Å². The van der Waals surface area contributed by atoms with Crippen molar-refractivity contribution in [3.63, 3.8) is 0 Å². The number of hydrogen-bond donors (Lipinski definition) is 2. The van der Waals surface area contributed by atoms with Crippen LogP contribution in [-0.4, -0.2) is 11.9 Å². The summed E-state index contributed by atoms with van der Waals surface area (Å²) < 4.78 is 0. The lowest BCUT2D eigenvalue weighted by molar-refractivity contribution is 0.0890. The van der Waals surface area contributed by atoms with Crippen molar-refractivity contribution in [1.82, 2.24) is 10.9 Å². The number of fused-ring (bicyclic) bond motifs is 1. The van der Waals surface area contributed by atoms with Crippen molar-refractivity contribution in [2.24, 2.45) is 11.8 Å². The first kappa shape index (κ1) is 13.6. The van der Waals surface area contributed by atoms with Gasteiger partial charge < -0.3 is 0 Å². The normalized spacial score (nSPS) is 29.5. The average Bonchev–Trinajstić information content (AvgIpc) is 2.53. The van der Waals surface area contributed by atoms with E-state index in [9.17, 15) is 4.79 Å². The minimum Gasteiger partial charge on any atom is -0.287 e. The van der Waals surface area contributed by atoms with Gasteiger partial charge in [-0.1, -0.05) is 43.9 Å². The molecule has 0 unspecified atom stereocenters. The molecule has 1 aromatic rings. The summed E-state index contributed by atoms with van der Waals surface area (Å²) in [6.07, 6.45) is 9.36. The fraction of sp³-hybridized carbons (Fsp3) is 0.588. The molecule has 0 heterocycles. The summed E-state index contributed by atoms with van der Waals surface area (Å²) in [6, 6.07) is 9.84. The number of benzene rings is 1. The number of nitrogens with one attached hydrogen (secondary N) is 2. The Kier molecular flexibility index (Phi) is 4.36. The van der Waals surface area contributed by atoms with Gasteiger partial charge in [-0.25, -0.2) is 5.43 Å². The molecular formula is C17H24N2O. The van der Waals surface area contributed by atoms with Crippen LogP contribution in [0.4, 0.5) is 0 Å². The molecule has 3 nitrogen and oxygen atoms in total. The highest BCUT2D eigenvalue weighted by Gasteiger charge is 2.32. The first-order valence-corrected chi connectivity index (χ1v) is 7.94. The maximum atomic E-state index is 12.0. The highest BCUT2D eigenvalue weighted by atomic mass is 16.2. The largest absolute Gasteiger partial charge is 0.287 e. The third kappa shape index (κ3) is 3.21. The summed E-state index contributed by atoms with van der Waals surface area (Å²) in [7, 11) is 0. The minimum atomic E-state index is -0.0311. The highest BCUT2D eigenvalue weighted by Crippen LogP contribution is 2.40. The summed E-state index contributed by atoms with van der Waals surface area (Å²) in [5.41, 5.74) is 6.84. The molecule has 0 aromatic heterocycles. The Morgan fingerprint density at radius 2 is 1.70 bits per heavy atom. The molecule has 3 heteroatoms. The second-order valence-corrected chi connectivity index (χ2v) is 6.28. The fourth-order valence-corrected chi connectivity index (χ4v) is 3.83. The molecule has 3 atom stereocenters. The molecule has 0 radical (unpaired) electrons. The Labute approximate surface area is 121 Å². The quantitative estimate of drug-likeness (QED) is 0.829. The van der Waals surface area contributed by atoms with E-state index in [1.165, 1.54) is 44.9 Å². The third-order valence-electron chi connectivity index (χ3n) is 4.97. The van der Waals surface area contributed by atoms with E-state index in [2.05, 4.69) is 10.9 Å². The van der Waals surface area contributed by atoms with Crippen LogP contribution in [-0.2, 0) is 0 Å². The topological polar surface area (TPSA) is 41.1 Å². The molecule has 0 bridgehead atoms. The summed E-state index contributed by atoms with van der Waals surface area (Å²) >= 11 is 0. The van der Waals surface area contributed by atoms with E-state index in [1.807, 2.05) is 30.3 Å². The van der Waals surface area contributed by atoms with Gasteiger partial charge in [0.05, 0.1) is 0 Å². The second kappa shape index (κ2) is 6.40. The maximum absolute atomic E-state index is 12.0. The molecular weight excluding hydrogens is 248 g/mol. The molecule has 3 rings (SSSR count). The molecule has 0 spiro atoms. The smallest absolute Gasteiger partial charge is 0.265 e. The van der Waals surface area contributed by atoms with E-state index in [0.717, 1.165) is 11.8 Å². The molecule has 2 fully saturated rings. The zero-order chi connectivity index (χ0) is 13.8. The molecule has 108 valence electrons. The van der Waals surface area contributed by atoms with E-state index >= 15 is 0 Å². The van der Waals surface area contributed by atoms with Gasteiger partial charge in [-0.05, 0) is 43.2 Å². The lowest BCUT2D eigenvalue weighted by Gasteiger charge is -2.39. The van der Waals surface area contributed by atoms with Crippen LogP contribution in [0.1, 0.15) is 55.3 Å². The molecule has 0 saturated heterocycles. The van der Waals surface area contributed by atoms with E-state index in [-0.39, 0.29) is 5.91 Å². The van der Waals surface area contributed by atoms with E-state index < -0.39 is 0 Å². The predicted molar refractivity (Wildman–Crippen MR) is 80.1 cm³/mol. The number of carbonyl (C=O) groups excluding carboxylic acids is 1. The number of rotatable bonds is 3. The van der Waals surface area contributed by atoms with Crippen LogP contribution in [0.25, 0.3) is 0 Å². The van der Waals surface area contributed by atoms with E-state index in [4.69, 9.17) is 0 Å². The standard InChI is InChI=1S/C17H24N2O/c20-17(14-7-2-1-3-8-14)19-18-16-11-10-13-6-4-5-9-15(13)12-16/h1-3,7-8,13,15-16,18H,4-6,9-12H2,(H,19,20)/t13-,15-,16-/m1/s1. The van der Waals surface area contributed by atoms with Crippen LogP contribution in [0.2, 0.25) is 0 Å². The van der Waals surface area contributed by atoms with Gasteiger partial charge in [0.15, 0.2) is 0 Å². The number of carbonyl (C=O) groups is 1. The molecule has 2 aliphatic rings. The zero-order valence-electron chi connectivity index (χ0n) is 12.0. The van der Waals surface area contributed by atoms with Crippen LogP contribution in [0, 0.1) is 11.8 Å². The van der Waals surface area contributed by atoms with Gasteiger partial charge >= 0.3 is 0 Å². The molecule has 0 aliphatic heterocycles. The van der Waals surface area contributed by atoms with Crippen LogP contribution < -0.4 is 10.9 Å². The van der Waals surface area contributed by atoms with Crippen molar-refractivity contribution >= 4 is 5.91 Å². The van der Waals surface area contributed by atoms with E-state index in [0.29, 0.717) is 11.6 Å². The van der Waals surface area contributed by atoms with Gasteiger partial charge in [0.25, 0.3) is 5.91 Å². The Bertz CT molecular complexity index is 446. The average molecular weight is 272 g/mol. The number of hydrazine groups is 1. The third-order valence-corrected chi connectivity index (χ3v) is 4.97. The first-order chi connectivity index (χ1) is 9.83. The maximum Gasteiger partial charge on any atom is 0.265 e. The lowest BCUT2D eigenvalue weighted by Crippen LogP contribution is -2.47. The van der Waals surface area contributed by atoms with Crippen molar-refractivity contribution in [1.29, 1.82) is 0 Å². The minimum absolute atomic E-state index is 0.0311. The van der Waals surface area contributed by atoms with Gasteiger partial charge in [0.1, 0.15) is 0 Å². The predicted octanol–water partition coefficient (Wildman–Crippen LogP) is 3.28. The van der Waals surface area contributed by atoms with Gasteiger partial charge in [-0.15, -0.1) is 0 Å². The molecule has 2 saturated carbocycles. The summed E-state index contributed by atoms with van der Waals surface area (Å²) in [6.45, 7) is 0. The Hall–Kier alpha value is -1.35. The zero-order valence-corrected chi connectivity index (χ0v) is 12.0. The fourth-order valence-electron chi connectivity index (χ4n) is 3.83. The molecule has 1 amide bonds. The van der Waals surface area contributed by atoms with Crippen LogP contribution in [0.3, 0.4) is 0 Å². The van der Waals surface area contributed by atoms with Gasteiger partial charge in [-0.3, -0.25) is 10.2 Å². The lowest BCUT2D eigenvalue weighted by atomic mass is 9.69. The van der Waals surface area contributed by atoms with Gasteiger partial charge in [0.2, 0.25) is 0 Å². The summed E-state index contributed by atoms with van der Waals surface area (Å²) in [5.74, 6) is 1.80. The van der Waals surface area contributed by atoms with Crippen LogP contribution in [0.5, 0.6) is 0 Å². The van der Waals surface area contributed by atoms with Crippen LogP contribution in [0.15, 0.2) is 30.3 Å². The summed E-state index contributed by atoms with van der Waals surface area (Å²) in [4.78, 5) is 12.0. The number of amides is 1. The molecule has 2 aliphatic carbocycles. The second-order valence-electron chi connectivity index (χ2n) is 6.28. The SMILES string of the molecule is O=C(NN[C@@H]1CC[C@H]2CCCC[C@@H]2C1)c1ccccc1. The Balaban J connectivity index is 1.48. The first-order valence-electron chi connectivity index (χ1n) is 7.94. The van der Waals surface area contributed by atoms with Crippen molar-refractivity contribution in [3.8, 4) is 0 Å². The van der Waals surface area contributed by atoms with E-state index in [1.54, 1.807) is 0 Å².